The fraction of sp³-hybridized carbons (Fsp3) is 0.314. The van der Waals surface area contributed by atoms with Gasteiger partial charge in [0.1, 0.15) is 11.5 Å². The fourth-order valence-electron chi connectivity index (χ4n) is 5.32. The van der Waals surface area contributed by atoms with E-state index >= 15 is 0 Å². The first-order chi connectivity index (χ1) is 19.0. The van der Waals surface area contributed by atoms with E-state index in [0.717, 1.165) is 30.4 Å². The molecule has 0 radical (unpaired) electrons. The van der Waals surface area contributed by atoms with Gasteiger partial charge in [-0.2, -0.15) is 0 Å². The summed E-state index contributed by atoms with van der Waals surface area (Å²) < 4.78 is 12.1. The lowest BCUT2D eigenvalue weighted by atomic mass is 9.88. The van der Waals surface area contributed by atoms with E-state index in [1.807, 2.05) is 85.8 Å². The molecule has 0 fully saturated rings. The smallest absolute Gasteiger partial charge is 0.343 e. The van der Waals surface area contributed by atoms with Gasteiger partial charge in [-0.15, -0.1) is 0 Å². The van der Waals surface area contributed by atoms with Crippen LogP contribution in [0.2, 0.25) is 0 Å². The van der Waals surface area contributed by atoms with Crippen molar-refractivity contribution in [2.24, 2.45) is 0 Å². The van der Waals surface area contributed by atoms with Crippen molar-refractivity contribution in [2.45, 2.75) is 70.6 Å². The summed E-state index contributed by atoms with van der Waals surface area (Å²) in [5.41, 5.74) is 3.23. The maximum Gasteiger partial charge on any atom is 0.343 e. The predicted molar refractivity (Wildman–Crippen MR) is 156 cm³/mol. The lowest BCUT2D eigenvalue weighted by Gasteiger charge is -2.21. The number of carbonyl (C=O) groups is 1. The molecule has 202 valence electrons. The van der Waals surface area contributed by atoms with Crippen molar-refractivity contribution in [3.8, 4) is 5.75 Å². The Hall–Kier alpha value is -3.92. The highest BCUT2D eigenvalue weighted by Crippen LogP contribution is 2.36. The number of esters is 1. The molecule has 0 bridgehead atoms. The second-order valence-electron chi connectivity index (χ2n) is 10.1. The Balaban J connectivity index is 1.72. The molecule has 0 saturated carbocycles. The molecule has 0 aliphatic carbocycles. The Morgan fingerprint density at radius 1 is 0.744 bits per heavy atom. The average molecular weight is 523 g/mol. The van der Waals surface area contributed by atoms with Crippen LogP contribution in [-0.2, 0) is 11.2 Å². The summed E-state index contributed by atoms with van der Waals surface area (Å²) in [6.07, 6.45) is 3.23. The van der Waals surface area contributed by atoms with Gasteiger partial charge in [-0.25, -0.2) is 4.79 Å². The van der Waals surface area contributed by atoms with Crippen LogP contribution < -0.4 is 10.4 Å². The van der Waals surface area contributed by atoms with Crippen molar-refractivity contribution >= 4 is 5.97 Å². The summed E-state index contributed by atoms with van der Waals surface area (Å²) in [6, 6.07) is 31.8. The molecule has 0 N–H and O–H groups in total. The summed E-state index contributed by atoms with van der Waals surface area (Å²) in [7, 11) is 0. The Labute approximate surface area is 231 Å². The third kappa shape index (κ3) is 7.14. The maximum absolute atomic E-state index is 13.6. The van der Waals surface area contributed by atoms with E-state index in [-0.39, 0.29) is 30.1 Å². The molecule has 39 heavy (non-hydrogen) atoms. The first-order valence-corrected chi connectivity index (χ1v) is 14.1. The van der Waals surface area contributed by atoms with Crippen molar-refractivity contribution in [1.29, 1.82) is 0 Å². The first kappa shape index (κ1) is 28.1. The lowest BCUT2D eigenvalue weighted by Crippen LogP contribution is -2.21. The van der Waals surface area contributed by atoms with Crippen LogP contribution in [-0.4, -0.2) is 5.97 Å². The zero-order chi connectivity index (χ0) is 27.6. The van der Waals surface area contributed by atoms with E-state index in [9.17, 15) is 9.59 Å². The van der Waals surface area contributed by atoms with Gasteiger partial charge in [-0.3, -0.25) is 4.79 Å². The average Bonchev–Trinajstić information content (AvgIpc) is 2.97. The molecule has 0 aliphatic heterocycles. The van der Waals surface area contributed by atoms with Crippen LogP contribution in [0.15, 0.2) is 106 Å². The van der Waals surface area contributed by atoms with E-state index in [4.69, 9.17) is 9.15 Å². The summed E-state index contributed by atoms with van der Waals surface area (Å²) in [6.45, 7) is 6.19. The number of ether oxygens (including phenoxy) is 1. The maximum atomic E-state index is 13.6. The molecule has 4 nitrogen and oxygen atoms in total. The lowest BCUT2D eigenvalue weighted by molar-refractivity contribution is -0.134. The zero-order valence-corrected chi connectivity index (χ0v) is 23.1. The summed E-state index contributed by atoms with van der Waals surface area (Å²) in [5.74, 6) is 0.301. The van der Waals surface area contributed by atoms with E-state index in [1.165, 1.54) is 5.56 Å². The largest absolute Gasteiger partial charge is 0.427 e. The van der Waals surface area contributed by atoms with Crippen LogP contribution in [0.1, 0.15) is 92.2 Å². The highest BCUT2D eigenvalue weighted by Gasteiger charge is 2.27. The normalized spacial score (nSPS) is 13.4. The van der Waals surface area contributed by atoms with Crippen molar-refractivity contribution in [3.05, 3.63) is 135 Å². The van der Waals surface area contributed by atoms with E-state index in [1.54, 1.807) is 6.07 Å². The van der Waals surface area contributed by atoms with E-state index in [0.29, 0.717) is 23.5 Å². The van der Waals surface area contributed by atoms with Crippen LogP contribution in [0.5, 0.6) is 5.75 Å². The Bertz CT molecular complexity index is 1380. The van der Waals surface area contributed by atoms with Gasteiger partial charge in [0.2, 0.25) is 0 Å². The molecule has 4 rings (SSSR count). The SMILES string of the molecule is CC[C@H](CC(=O)Oc1cc([C@H](CC)Cc2ccccc2)oc(=O)c1[C@@H](CC)c1ccccc1)c1ccccc1. The minimum Gasteiger partial charge on any atom is -0.427 e. The molecule has 0 unspecified atom stereocenters. The quantitative estimate of drug-likeness (QED) is 0.175. The Kier molecular flexibility index (Phi) is 9.91. The van der Waals surface area contributed by atoms with Crippen LogP contribution in [0.25, 0.3) is 0 Å². The molecule has 0 amide bonds. The van der Waals surface area contributed by atoms with Gasteiger partial charge in [0.25, 0.3) is 0 Å². The number of carbonyl (C=O) groups excluding carboxylic acids is 1. The molecule has 4 aromatic rings. The fourth-order valence-corrected chi connectivity index (χ4v) is 5.32. The molecule has 3 aromatic carbocycles. The minimum atomic E-state index is -0.437. The van der Waals surface area contributed by atoms with Crippen molar-refractivity contribution < 1.29 is 13.9 Å². The Morgan fingerprint density at radius 3 is 1.87 bits per heavy atom. The summed E-state index contributed by atoms with van der Waals surface area (Å²) >= 11 is 0. The molecular formula is C35H38O4. The van der Waals surface area contributed by atoms with Crippen LogP contribution in [0.3, 0.4) is 0 Å². The standard InChI is InChI=1S/C35H38O4/c1-4-26(28-18-12-8-13-19-28)23-33(36)38-32-24-31(27(5-2)22-25-16-10-7-11-17-25)39-35(37)34(32)30(6-3)29-20-14-9-15-21-29/h7-21,24,26-27,30H,4-6,22-23H2,1-3H3/t26-,27-,30+/m1/s1. The molecule has 1 heterocycles. The summed E-state index contributed by atoms with van der Waals surface area (Å²) in [5, 5.41) is 0. The minimum absolute atomic E-state index is 0.0175. The molecule has 3 atom stereocenters. The van der Waals surface area contributed by atoms with E-state index in [2.05, 4.69) is 26.0 Å². The number of hydrogen-bond acceptors (Lipinski definition) is 4. The highest BCUT2D eigenvalue weighted by atomic mass is 16.5. The second kappa shape index (κ2) is 13.7. The van der Waals surface area contributed by atoms with Gasteiger partial charge in [-0.05, 0) is 48.3 Å². The molecule has 0 aliphatic rings. The molecular weight excluding hydrogens is 484 g/mol. The van der Waals surface area contributed by atoms with Gasteiger partial charge < -0.3 is 9.15 Å². The van der Waals surface area contributed by atoms with Gasteiger partial charge in [0.15, 0.2) is 0 Å². The first-order valence-electron chi connectivity index (χ1n) is 14.1. The topological polar surface area (TPSA) is 56.5 Å². The third-order valence-corrected chi connectivity index (χ3v) is 7.55. The van der Waals surface area contributed by atoms with Crippen molar-refractivity contribution in [2.75, 3.05) is 0 Å². The van der Waals surface area contributed by atoms with Crippen LogP contribution in [0.4, 0.5) is 0 Å². The number of benzene rings is 3. The predicted octanol–water partition coefficient (Wildman–Crippen LogP) is 8.41. The van der Waals surface area contributed by atoms with E-state index < -0.39 is 5.63 Å². The van der Waals surface area contributed by atoms with Gasteiger partial charge >= 0.3 is 11.6 Å². The molecule has 0 saturated heterocycles. The molecule has 4 heteroatoms. The Morgan fingerprint density at radius 2 is 1.31 bits per heavy atom. The van der Waals surface area contributed by atoms with Gasteiger partial charge in [-0.1, -0.05) is 112 Å². The van der Waals surface area contributed by atoms with Crippen molar-refractivity contribution in [3.63, 3.8) is 0 Å². The summed E-state index contributed by atoms with van der Waals surface area (Å²) in [4.78, 5) is 27.0. The third-order valence-electron chi connectivity index (χ3n) is 7.55. The molecule has 0 spiro atoms. The highest BCUT2D eigenvalue weighted by molar-refractivity contribution is 5.74. The second-order valence-corrected chi connectivity index (χ2v) is 10.1. The van der Waals surface area contributed by atoms with Crippen LogP contribution >= 0.6 is 0 Å². The van der Waals surface area contributed by atoms with Gasteiger partial charge in [0.05, 0.1) is 12.0 Å². The van der Waals surface area contributed by atoms with Gasteiger partial charge in [0, 0.05) is 17.9 Å². The number of rotatable bonds is 12. The van der Waals surface area contributed by atoms with Crippen LogP contribution in [0, 0.1) is 0 Å². The zero-order valence-electron chi connectivity index (χ0n) is 23.1. The monoisotopic (exact) mass is 522 g/mol. The van der Waals surface area contributed by atoms with Crippen molar-refractivity contribution in [1.82, 2.24) is 0 Å². The molecule has 1 aromatic heterocycles. The number of hydrogen-bond donors (Lipinski definition) is 0.